The predicted molar refractivity (Wildman–Crippen MR) is 139 cm³/mol. The number of carbonyl (C=O) groups is 1. The number of hydrogen-bond acceptors (Lipinski definition) is 7. The maximum Gasteiger partial charge on any atom is 0.292 e. The molecule has 0 aliphatic rings. The second kappa shape index (κ2) is 10.2. The van der Waals surface area contributed by atoms with Crippen LogP contribution in [-0.4, -0.2) is 10.9 Å². The number of nitriles is 1. The summed E-state index contributed by atoms with van der Waals surface area (Å²) < 4.78 is 11.1. The van der Waals surface area contributed by atoms with Gasteiger partial charge in [0.15, 0.2) is 5.76 Å². The largest absolute Gasteiger partial charge is 0.459 e. The van der Waals surface area contributed by atoms with Crippen LogP contribution >= 0.6 is 22.7 Å². The number of hydrogen-bond donors (Lipinski definition) is 1. The van der Waals surface area contributed by atoms with Crippen molar-refractivity contribution in [1.82, 2.24) is 4.98 Å². The Morgan fingerprint density at radius 1 is 1.03 bits per heavy atom. The molecular weight excluding hydrogens is 478 g/mol. The minimum Gasteiger partial charge on any atom is -0.459 e. The molecule has 0 saturated heterocycles. The highest BCUT2D eigenvalue weighted by Gasteiger charge is 2.20. The van der Waals surface area contributed by atoms with Gasteiger partial charge < -0.3 is 14.5 Å². The fraction of sp³-hybridized carbons (Fsp3) is 0. The van der Waals surface area contributed by atoms with Crippen LogP contribution in [0.4, 0.5) is 5.00 Å². The van der Waals surface area contributed by atoms with Crippen molar-refractivity contribution in [2.45, 2.75) is 0 Å². The summed E-state index contributed by atoms with van der Waals surface area (Å²) in [7, 11) is 0. The Morgan fingerprint density at radius 2 is 1.89 bits per heavy atom. The first-order valence-electron chi connectivity index (χ1n) is 10.5. The summed E-state index contributed by atoms with van der Waals surface area (Å²) in [4.78, 5) is 18.2. The molecule has 6 nitrogen and oxygen atoms in total. The molecule has 0 spiro atoms. The molecule has 0 atom stereocenters. The summed E-state index contributed by atoms with van der Waals surface area (Å²) in [5.74, 6) is 1.21. The van der Waals surface area contributed by atoms with E-state index in [1.807, 2.05) is 72.1 Å². The maximum absolute atomic E-state index is 12.6. The number of para-hydroxylation sites is 1. The number of amides is 1. The lowest BCUT2D eigenvalue weighted by Crippen LogP contribution is -2.10. The normalized spacial score (nSPS) is 11.1. The van der Waals surface area contributed by atoms with E-state index < -0.39 is 0 Å². The molecule has 1 amide bonds. The summed E-state index contributed by atoms with van der Waals surface area (Å²) >= 11 is 2.75. The zero-order valence-electron chi connectivity index (χ0n) is 18.2. The lowest BCUT2D eigenvalue weighted by molar-refractivity contribution is 0.0997. The third kappa shape index (κ3) is 5.22. The number of aromatic nitrogens is 1. The van der Waals surface area contributed by atoms with Crippen LogP contribution in [0.5, 0.6) is 11.5 Å². The van der Waals surface area contributed by atoms with Gasteiger partial charge in [-0.15, -0.1) is 11.3 Å². The van der Waals surface area contributed by atoms with Gasteiger partial charge in [0, 0.05) is 0 Å². The first-order chi connectivity index (χ1) is 17.2. The fourth-order valence-electron chi connectivity index (χ4n) is 3.27. The summed E-state index contributed by atoms with van der Waals surface area (Å²) in [6.45, 7) is 0. The number of anilines is 1. The van der Waals surface area contributed by atoms with E-state index in [9.17, 15) is 10.1 Å². The summed E-state index contributed by atoms with van der Waals surface area (Å²) in [6, 6.07) is 26.3. The van der Waals surface area contributed by atoms with Crippen LogP contribution in [0.15, 0.2) is 94.9 Å². The van der Waals surface area contributed by atoms with E-state index >= 15 is 0 Å². The van der Waals surface area contributed by atoms with Crippen molar-refractivity contribution in [2.24, 2.45) is 0 Å². The quantitative estimate of drug-likeness (QED) is 0.235. The molecular formula is C27H17N3O3S2. The van der Waals surface area contributed by atoms with Crippen LogP contribution in [0.25, 0.3) is 22.2 Å². The molecule has 0 unspecified atom stereocenters. The molecule has 3 aromatic heterocycles. The van der Waals surface area contributed by atoms with E-state index in [2.05, 4.69) is 11.4 Å². The van der Waals surface area contributed by atoms with Gasteiger partial charge in [-0.1, -0.05) is 47.7 Å². The van der Waals surface area contributed by atoms with Gasteiger partial charge in [0.2, 0.25) is 0 Å². The SMILES string of the molecule is N#C/C(=C\c1cccc(Oc2ccccc2)c1)c1nc(-c2cccs2)c(NC(=O)c2ccco2)s1. The molecule has 0 aliphatic heterocycles. The Kier molecular flexibility index (Phi) is 6.52. The van der Waals surface area contributed by atoms with Crippen molar-refractivity contribution >= 4 is 45.2 Å². The number of ether oxygens (including phenoxy) is 1. The van der Waals surface area contributed by atoms with Crippen LogP contribution in [0, 0.1) is 11.3 Å². The molecule has 1 N–H and O–H groups in total. The second-order valence-electron chi connectivity index (χ2n) is 7.26. The van der Waals surface area contributed by atoms with Crippen molar-refractivity contribution in [1.29, 1.82) is 5.26 Å². The average Bonchev–Trinajstić information content (AvgIpc) is 3.66. The van der Waals surface area contributed by atoms with E-state index in [-0.39, 0.29) is 11.7 Å². The number of thiazole rings is 1. The third-order valence-electron chi connectivity index (χ3n) is 4.85. The molecule has 5 aromatic rings. The van der Waals surface area contributed by atoms with Crippen molar-refractivity contribution in [2.75, 3.05) is 5.32 Å². The van der Waals surface area contributed by atoms with Gasteiger partial charge in [0.1, 0.15) is 33.3 Å². The number of furan rings is 1. The lowest BCUT2D eigenvalue weighted by atomic mass is 10.1. The number of carbonyl (C=O) groups excluding carboxylic acids is 1. The van der Waals surface area contributed by atoms with E-state index in [0.29, 0.717) is 27.0 Å². The number of rotatable bonds is 7. The number of thiophene rings is 1. The average molecular weight is 496 g/mol. The van der Waals surface area contributed by atoms with Crippen molar-refractivity contribution in [3.05, 3.63) is 107 Å². The molecule has 3 heterocycles. The topological polar surface area (TPSA) is 88.1 Å². The van der Waals surface area contributed by atoms with Gasteiger partial charge in [0.05, 0.1) is 16.7 Å². The molecule has 0 aliphatic carbocycles. The molecule has 0 bridgehead atoms. The minimum atomic E-state index is -0.378. The smallest absolute Gasteiger partial charge is 0.292 e. The molecule has 0 saturated carbocycles. The van der Waals surface area contributed by atoms with E-state index in [4.69, 9.17) is 14.1 Å². The van der Waals surface area contributed by atoms with Gasteiger partial charge in [-0.05, 0) is 59.5 Å². The first kappa shape index (κ1) is 22.3. The van der Waals surface area contributed by atoms with Crippen LogP contribution in [-0.2, 0) is 0 Å². The van der Waals surface area contributed by atoms with Gasteiger partial charge in [-0.25, -0.2) is 4.98 Å². The highest BCUT2D eigenvalue weighted by Crippen LogP contribution is 2.38. The summed E-state index contributed by atoms with van der Waals surface area (Å²) in [5.41, 5.74) is 1.79. The van der Waals surface area contributed by atoms with Crippen molar-refractivity contribution < 1.29 is 13.9 Å². The Balaban J connectivity index is 1.47. The molecule has 8 heteroatoms. The Morgan fingerprint density at radius 3 is 2.63 bits per heavy atom. The highest BCUT2D eigenvalue weighted by atomic mass is 32.1. The first-order valence-corrected chi connectivity index (χ1v) is 12.2. The minimum absolute atomic E-state index is 0.198. The Bertz CT molecular complexity index is 1510. The van der Waals surface area contributed by atoms with Crippen LogP contribution in [0.3, 0.4) is 0 Å². The second-order valence-corrected chi connectivity index (χ2v) is 9.21. The number of nitrogens with one attached hydrogen (secondary N) is 1. The molecule has 35 heavy (non-hydrogen) atoms. The molecule has 170 valence electrons. The Labute approximate surface area is 209 Å². The van der Waals surface area contributed by atoms with Gasteiger partial charge in [0.25, 0.3) is 5.91 Å². The molecule has 2 aromatic carbocycles. The van der Waals surface area contributed by atoms with Crippen LogP contribution < -0.4 is 10.1 Å². The van der Waals surface area contributed by atoms with E-state index in [1.54, 1.807) is 18.2 Å². The maximum atomic E-state index is 12.6. The number of benzene rings is 2. The molecule has 5 rings (SSSR count). The van der Waals surface area contributed by atoms with Crippen LogP contribution in [0.2, 0.25) is 0 Å². The lowest BCUT2D eigenvalue weighted by Gasteiger charge is -2.06. The van der Waals surface area contributed by atoms with Gasteiger partial charge >= 0.3 is 0 Å². The van der Waals surface area contributed by atoms with Gasteiger partial charge in [-0.3, -0.25) is 4.79 Å². The van der Waals surface area contributed by atoms with Crippen molar-refractivity contribution in [3.8, 4) is 28.1 Å². The van der Waals surface area contributed by atoms with Crippen molar-refractivity contribution in [3.63, 3.8) is 0 Å². The zero-order chi connectivity index (χ0) is 24.0. The zero-order valence-corrected chi connectivity index (χ0v) is 19.8. The highest BCUT2D eigenvalue weighted by molar-refractivity contribution is 7.19. The summed E-state index contributed by atoms with van der Waals surface area (Å²) in [5, 5.41) is 15.8. The standard InChI is InChI=1S/C27H17N3O3S2/c28-17-19(15-18-7-4-10-21(16-18)33-20-8-2-1-3-9-20)26-29-24(23-12-6-14-34-23)27(35-26)30-25(31)22-11-5-13-32-22/h1-16H,(H,30,31)/b19-15+. The van der Waals surface area contributed by atoms with E-state index in [0.717, 1.165) is 16.2 Å². The number of nitrogens with zero attached hydrogens (tertiary/aromatic N) is 2. The number of allylic oxidation sites excluding steroid dienone is 1. The summed E-state index contributed by atoms with van der Waals surface area (Å²) in [6.07, 6.45) is 3.20. The van der Waals surface area contributed by atoms with E-state index in [1.165, 1.54) is 28.9 Å². The molecule has 0 fully saturated rings. The Hall–Kier alpha value is -4.45. The predicted octanol–water partition coefficient (Wildman–Crippen LogP) is 7.57. The molecule has 0 radical (unpaired) electrons. The van der Waals surface area contributed by atoms with Gasteiger partial charge in [-0.2, -0.15) is 5.26 Å². The fourth-order valence-corrected chi connectivity index (χ4v) is 5.00. The third-order valence-corrected chi connectivity index (χ3v) is 6.73. The van der Waals surface area contributed by atoms with Crippen LogP contribution in [0.1, 0.15) is 21.1 Å². The monoisotopic (exact) mass is 495 g/mol.